The van der Waals surface area contributed by atoms with Crippen LogP contribution in [0.25, 0.3) is 0 Å². The van der Waals surface area contributed by atoms with Crippen LogP contribution in [0.5, 0.6) is 17.2 Å². The molecule has 0 aliphatic carbocycles. The fourth-order valence-corrected chi connectivity index (χ4v) is 3.08. The quantitative estimate of drug-likeness (QED) is 0.889. The third kappa shape index (κ3) is 2.32. The van der Waals surface area contributed by atoms with Crippen molar-refractivity contribution in [2.24, 2.45) is 0 Å². The van der Waals surface area contributed by atoms with E-state index in [2.05, 4.69) is 17.4 Å². The number of hydrogen-bond acceptors (Lipinski definition) is 4. The molecular weight excluding hydrogens is 266 g/mol. The molecule has 0 amide bonds. The van der Waals surface area contributed by atoms with Gasteiger partial charge in [-0.1, -0.05) is 12.1 Å². The smallest absolute Gasteiger partial charge is 0.231 e. The number of aromatic hydroxyl groups is 1. The van der Waals surface area contributed by atoms with Gasteiger partial charge in [-0.25, -0.2) is 0 Å². The molecule has 0 radical (unpaired) electrons. The van der Waals surface area contributed by atoms with Crippen LogP contribution in [0.15, 0.2) is 36.4 Å². The molecule has 0 bridgehead atoms. The van der Waals surface area contributed by atoms with Gasteiger partial charge in [0.05, 0.1) is 0 Å². The van der Waals surface area contributed by atoms with Crippen molar-refractivity contribution < 1.29 is 14.6 Å². The predicted octanol–water partition coefficient (Wildman–Crippen LogP) is 2.55. The Kier molecular flexibility index (Phi) is 2.97. The number of hydrogen-bond donors (Lipinski definition) is 2. The minimum absolute atomic E-state index is 0.271. The highest BCUT2D eigenvalue weighted by Gasteiger charge is 2.24. The van der Waals surface area contributed by atoms with Crippen LogP contribution in [0.2, 0.25) is 0 Å². The fraction of sp³-hybridized carbons (Fsp3) is 0.294. The van der Waals surface area contributed by atoms with Gasteiger partial charge in [0.25, 0.3) is 0 Å². The molecule has 4 heteroatoms. The van der Waals surface area contributed by atoms with Gasteiger partial charge in [-0.15, -0.1) is 0 Å². The Bertz CT molecular complexity index is 666. The van der Waals surface area contributed by atoms with Gasteiger partial charge in [-0.2, -0.15) is 0 Å². The molecule has 2 heterocycles. The lowest BCUT2D eigenvalue weighted by Gasteiger charge is -2.27. The summed E-state index contributed by atoms with van der Waals surface area (Å²) in [7, 11) is 0. The summed E-state index contributed by atoms with van der Waals surface area (Å²) < 4.78 is 11.0. The molecule has 4 nitrogen and oxygen atoms in total. The zero-order valence-corrected chi connectivity index (χ0v) is 11.6. The highest BCUT2D eigenvalue weighted by molar-refractivity contribution is 5.51. The molecule has 2 aromatic rings. The maximum absolute atomic E-state index is 9.38. The van der Waals surface area contributed by atoms with E-state index in [1.807, 2.05) is 12.1 Å². The maximum atomic E-state index is 9.38. The van der Waals surface area contributed by atoms with E-state index < -0.39 is 0 Å². The Labute approximate surface area is 123 Å². The summed E-state index contributed by atoms with van der Waals surface area (Å²) in [6.07, 6.45) is 1.91. The molecular formula is C17H17NO3. The molecule has 0 unspecified atom stereocenters. The normalized spacial score (nSPS) is 19.3. The van der Waals surface area contributed by atoms with E-state index in [1.165, 1.54) is 16.7 Å². The SMILES string of the molecule is Oc1ccc(C[C@@H]2NCCc3cc4c(cc32)OCO4)cc1. The van der Waals surface area contributed by atoms with Crippen molar-refractivity contribution in [3.8, 4) is 17.2 Å². The summed E-state index contributed by atoms with van der Waals surface area (Å²) in [4.78, 5) is 0. The Morgan fingerprint density at radius 1 is 1.10 bits per heavy atom. The van der Waals surface area contributed by atoms with Crippen LogP contribution in [0.4, 0.5) is 0 Å². The van der Waals surface area contributed by atoms with Crippen molar-refractivity contribution >= 4 is 0 Å². The molecule has 2 aliphatic heterocycles. The van der Waals surface area contributed by atoms with Gasteiger partial charge in [0, 0.05) is 6.04 Å². The van der Waals surface area contributed by atoms with Crippen LogP contribution in [0.3, 0.4) is 0 Å². The van der Waals surface area contributed by atoms with Crippen molar-refractivity contribution in [3.05, 3.63) is 53.1 Å². The topological polar surface area (TPSA) is 50.7 Å². The van der Waals surface area contributed by atoms with Gasteiger partial charge >= 0.3 is 0 Å². The standard InChI is InChI=1S/C17H17NO3/c19-13-3-1-11(2-4-13)7-15-14-9-17-16(20-10-21-17)8-12(14)5-6-18-15/h1-4,8-9,15,18-19H,5-7,10H2/t15-/m0/s1. The van der Waals surface area contributed by atoms with Crippen LogP contribution in [0.1, 0.15) is 22.7 Å². The van der Waals surface area contributed by atoms with Crippen LogP contribution < -0.4 is 14.8 Å². The first-order chi connectivity index (χ1) is 10.3. The summed E-state index contributed by atoms with van der Waals surface area (Å²) >= 11 is 0. The maximum Gasteiger partial charge on any atom is 0.231 e. The Morgan fingerprint density at radius 3 is 2.67 bits per heavy atom. The third-order valence-electron chi connectivity index (χ3n) is 4.17. The second-order valence-electron chi connectivity index (χ2n) is 5.53. The zero-order valence-electron chi connectivity index (χ0n) is 11.6. The van der Waals surface area contributed by atoms with Gasteiger partial charge in [0.15, 0.2) is 11.5 Å². The lowest BCUT2D eigenvalue weighted by atomic mass is 9.90. The van der Waals surface area contributed by atoms with Crippen LogP contribution in [-0.4, -0.2) is 18.4 Å². The van der Waals surface area contributed by atoms with E-state index in [4.69, 9.17) is 9.47 Å². The Morgan fingerprint density at radius 2 is 1.86 bits per heavy atom. The molecule has 21 heavy (non-hydrogen) atoms. The predicted molar refractivity (Wildman–Crippen MR) is 78.8 cm³/mol. The molecule has 108 valence electrons. The van der Waals surface area contributed by atoms with Crippen molar-refractivity contribution in [1.82, 2.24) is 5.32 Å². The van der Waals surface area contributed by atoms with Gasteiger partial charge < -0.3 is 19.9 Å². The van der Waals surface area contributed by atoms with Crippen molar-refractivity contribution in [1.29, 1.82) is 0 Å². The highest BCUT2D eigenvalue weighted by atomic mass is 16.7. The van der Waals surface area contributed by atoms with E-state index in [0.717, 1.165) is 30.9 Å². The molecule has 2 N–H and O–H groups in total. The van der Waals surface area contributed by atoms with E-state index in [1.54, 1.807) is 12.1 Å². The average molecular weight is 283 g/mol. The van der Waals surface area contributed by atoms with Gasteiger partial charge in [0.1, 0.15) is 5.75 Å². The molecule has 0 aromatic heterocycles. The molecule has 0 fully saturated rings. The summed E-state index contributed by atoms with van der Waals surface area (Å²) in [5, 5.41) is 13.0. The number of benzene rings is 2. The summed E-state index contributed by atoms with van der Waals surface area (Å²) in [6.45, 7) is 1.28. The molecule has 4 rings (SSSR count). The van der Waals surface area contributed by atoms with E-state index in [0.29, 0.717) is 12.5 Å². The number of nitrogens with one attached hydrogen (secondary N) is 1. The molecule has 0 spiro atoms. The number of ether oxygens (including phenoxy) is 2. The van der Waals surface area contributed by atoms with Crippen LogP contribution in [0, 0.1) is 0 Å². The van der Waals surface area contributed by atoms with Crippen LogP contribution >= 0.6 is 0 Å². The fourth-order valence-electron chi connectivity index (χ4n) is 3.08. The lowest BCUT2D eigenvalue weighted by Crippen LogP contribution is -2.31. The molecule has 0 saturated carbocycles. The van der Waals surface area contributed by atoms with E-state index >= 15 is 0 Å². The number of phenolic OH excluding ortho intramolecular Hbond substituents is 1. The molecule has 2 aromatic carbocycles. The van der Waals surface area contributed by atoms with Gasteiger partial charge in [-0.3, -0.25) is 0 Å². The van der Waals surface area contributed by atoms with Gasteiger partial charge in [0.2, 0.25) is 6.79 Å². The van der Waals surface area contributed by atoms with Crippen molar-refractivity contribution in [3.63, 3.8) is 0 Å². The number of fused-ring (bicyclic) bond motifs is 2. The van der Waals surface area contributed by atoms with Crippen LogP contribution in [-0.2, 0) is 12.8 Å². The molecule has 0 saturated heterocycles. The van der Waals surface area contributed by atoms with Crippen molar-refractivity contribution in [2.75, 3.05) is 13.3 Å². The Hall–Kier alpha value is -2.20. The number of phenols is 1. The van der Waals surface area contributed by atoms with E-state index in [-0.39, 0.29) is 6.04 Å². The first-order valence-corrected chi connectivity index (χ1v) is 7.23. The number of rotatable bonds is 2. The van der Waals surface area contributed by atoms with E-state index in [9.17, 15) is 5.11 Å². The molecule has 2 aliphatic rings. The second kappa shape index (κ2) is 4.97. The summed E-state index contributed by atoms with van der Waals surface area (Å²) in [5.74, 6) is 2.01. The molecule has 1 atom stereocenters. The average Bonchev–Trinajstić information content (AvgIpc) is 2.95. The monoisotopic (exact) mass is 283 g/mol. The second-order valence-corrected chi connectivity index (χ2v) is 5.53. The summed E-state index contributed by atoms with van der Waals surface area (Å²) in [6, 6.07) is 11.9. The minimum Gasteiger partial charge on any atom is -0.508 e. The largest absolute Gasteiger partial charge is 0.508 e. The first-order valence-electron chi connectivity index (χ1n) is 7.23. The minimum atomic E-state index is 0.271. The zero-order chi connectivity index (χ0) is 14.2. The van der Waals surface area contributed by atoms with Crippen molar-refractivity contribution in [2.45, 2.75) is 18.9 Å². The lowest BCUT2D eigenvalue weighted by molar-refractivity contribution is 0.174. The summed E-state index contributed by atoms with van der Waals surface area (Å²) in [5.41, 5.74) is 3.83. The third-order valence-corrected chi connectivity index (χ3v) is 4.17. The first kappa shape index (κ1) is 12.5. The van der Waals surface area contributed by atoms with Gasteiger partial charge in [-0.05, 0) is 60.3 Å². The highest BCUT2D eigenvalue weighted by Crippen LogP contribution is 2.38. The Balaban J connectivity index is 1.65.